The molecule has 4 nitrogen and oxygen atoms in total. The fourth-order valence-electron chi connectivity index (χ4n) is 1.08. The van der Waals surface area contributed by atoms with Gasteiger partial charge in [0.2, 0.25) is 0 Å². The lowest BCUT2D eigenvalue weighted by atomic mass is 10.2. The van der Waals surface area contributed by atoms with Crippen LogP contribution in [0.2, 0.25) is 0 Å². The molecule has 1 rings (SSSR count). The van der Waals surface area contributed by atoms with Gasteiger partial charge >= 0.3 is 6.09 Å². The highest BCUT2D eigenvalue weighted by Crippen LogP contribution is 2.04. The third kappa shape index (κ3) is 4.82. The van der Waals surface area contributed by atoms with E-state index in [1.165, 1.54) is 12.1 Å². The molecule has 0 fully saturated rings. The zero-order valence-corrected chi connectivity index (χ0v) is 9.81. The van der Waals surface area contributed by atoms with Gasteiger partial charge in [-0.15, -0.1) is 0 Å². The summed E-state index contributed by atoms with van der Waals surface area (Å²) in [6.45, 7) is 3.31. The topological polar surface area (TPSA) is 58.6 Å². The van der Waals surface area contributed by atoms with E-state index in [1.54, 1.807) is 26.0 Å². The third-order valence-electron chi connectivity index (χ3n) is 2.35. The molecule has 5 heteroatoms. The number of hydrogen-bond acceptors (Lipinski definition) is 3. The Labute approximate surface area is 99.4 Å². The monoisotopic (exact) mass is 241 g/mol. The molecule has 1 aromatic carbocycles. The number of ether oxygens (including phenoxy) is 1. The van der Waals surface area contributed by atoms with Crippen LogP contribution in [0.3, 0.4) is 0 Å². The normalized spacial score (nSPS) is 13.9. The van der Waals surface area contributed by atoms with Crippen LogP contribution in [-0.2, 0) is 11.3 Å². The van der Waals surface area contributed by atoms with Crippen LogP contribution in [-0.4, -0.2) is 23.3 Å². The number of benzene rings is 1. The second-order valence-electron chi connectivity index (χ2n) is 3.88. The molecule has 0 aliphatic heterocycles. The zero-order valence-electron chi connectivity index (χ0n) is 9.81. The van der Waals surface area contributed by atoms with Crippen LogP contribution in [0.5, 0.6) is 0 Å². The van der Waals surface area contributed by atoms with Crippen LogP contribution in [0, 0.1) is 5.82 Å². The number of amides is 1. The number of halogens is 1. The smallest absolute Gasteiger partial charge is 0.407 e. The lowest BCUT2D eigenvalue weighted by Gasteiger charge is -2.16. The minimum absolute atomic E-state index is 0.0681. The number of nitrogens with one attached hydrogen (secondary N) is 1. The Morgan fingerprint density at radius 2 is 2.00 bits per heavy atom. The number of alkyl carbamates (subject to hydrolysis) is 1. The Morgan fingerprint density at radius 3 is 2.53 bits per heavy atom. The first-order chi connectivity index (χ1) is 7.99. The fraction of sp³-hybridized carbons (Fsp3) is 0.417. The molecule has 0 aliphatic carbocycles. The molecule has 17 heavy (non-hydrogen) atoms. The van der Waals surface area contributed by atoms with Crippen molar-refractivity contribution in [1.82, 2.24) is 5.32 Å². The van der Waals surface area contributed by atoms with E-state index in [-0.39, 0.29) is 18.5 Å². The quantitative estimate of drug-likeness (QED) is 0.845. The summed E-state index contributed by atoms with van der Waals surface area (Å²) in [4.78, 5) is 11.3. The number of aliphatic hydroxyl groups excluding tert-OH is 1. The van der Waals surface area contributed by atoms with Crippen molar-refractivity contribution in [2.45, 2.75) is 32.6 Å². The summed E-state index contributed by atoms with van der Waals surface area (Å²) in [7, 11) is 0. The minimum Gasteiger partial charge on any atom is -0.445 e. The molecule has 0 bridgehead atoms. The average molecular weight is 241 g/mol. The van der Waals surface area contributed by atoms with Gasteiger partial charge in [-0.25, -0.2) is 9.18 Å². The van der Waals surface area contributed by atoms with E-state index >= 15 is 0 Å². The van der Waals surface area contributed by atoms with Crippen LogP contribution in [0.1, 0.15) is 19.4 Å². The lowest BCUT2D eigenvalue weighted by Crippen LogP contribution is -2.39. The third-order valence-corrected chi connectivity index (χ3v) is 2.35. The number of rotatable bonds is 4. The number of carbonyl (C=O) groups excluding carboxylic acids is 1. The number of aliphatic hydroxyl groups is 1. The Kier molecular flexibility index (Phi) is 4.90. The molecule has 0 aromatic heterocycles. The fourth-order valence-corrected chi connectivity index (χ4v) is 1.08. The second kappa shape index (κ2) is 6.20. The van der Waals surface area contributed by atoms with Crippen molar-refractivity contribution >= 4 is 6.09 Å². The largest absolute Gasteiger partial charge is 0.445 e. The van der Waals surface area contributed by atoms with E-state index in [0.717, 1.165) is 0 Å². The van der Waals surface area contributed by atoms with Crippen LogP contribution < -0.4 is 5.32 Å². The van der Waals surface area contributed by atoms with Gasteiger partial charge in [-0.3, -0.25) is 0 Å². The first-order valence-corrected chi connectivity index (χ1v) is 5.35. The molecule has 2 unspecified atom stereocenters. The standard InChI is InChI=1S/C12H16FNO3/c1-8(9(2)15)14-12(16)17-7-10-3-5-11(13)6-4-10/h3-6,8-9,15H,7H2,1-2H3,(H,14,16). The maximum Gasteiger partial charge on any atom is 0.407 e. The summed E-state index contributed by atoms with van der Waals surface area (Å²) in [5, 5.41) is 11.6. The molecule has 2 atom stereocenters. The molecule has 0 saturated carbocycles. The summed E-state index contributed by atoms with van der Waals surface area (Å²) in [5.41, 5.74) is 0.700. The molecule has 0 radical (unpaired) electrons. The Balaban J connectivity index is 2.35. The Hall–Kier alpha value is -1.62. The zero-order chi connectivity index (χ0) is 12.8. The van der Waals surface area contributed by atoms with E-state index in [4.69, 9.17) is 4.74 Å². The highest BCUT2D eigenvalue weighted by molar-refractivity contribution is 5.67. The molecule has 0 spiro atoms. The molecule has 94 valence electrons. The summed E-state index contributed by atoms with van der Waals surface area (Å²) in [5.74, 6) is -0.332. The highest BCUT2D eigenvalue weighted by Gasteiger charge is 2.12. The van der Waals surface area contributed by atoms with Gasteiger partial charge in [0.05, 0.1) is 12.1 Å². The van der Waals surface area contributed by atoms with Gasteiger partial charge < -0.3 is 15.2 Å². The van der Waals surface area contributed by atoms with Crippen LogP contribution in [0.15, 0.2) is 24.3 Å². The molecule has 1 aromatic rings. The molecular weight excluding hydrogens is 225 g/mol. The van der Waals surface area contributed by atoms with Gasteiger partial charge in [0.25, 0.3) is 0 Å². The SMILES string of the molecule is CC(O)C(C)NC(=O)OCc1ccc(F)cc1. The van der Waals surface area contributed by atoms with Crippen LogP contribution in [0.4, 0.5) is 9.18 Å². The van der Waals surface area contributed by atoms with E-state index in [1.807, 2.05) is 0 Å². The first-order valence-electron chi connectivity index (χ1n) is 5.35. The van der Waals surface area contributed by atoms with Crippen molar-refractivity contribution in [3.05, 3.63) is 35.6 Å². The minimum atomic E-state index is -0.645. The van der Waals surface area contributed by atoms with Crippen LogP contribution >= 0.6 is 0 Å². The molecule has 2 N–H and O–H groups in total. The van der Waals surface area contributed by atoms with E-state index < -0.39 is 12.2 Å². The maximum atomic E-state index is 12.6. The van der Waals surface area contributed by atoms with Crippen molar-refractivity contribution in [3.63, 3.8) is 0 Å². The number of hydrogen-bond donors (Lipinski definition) is 2. The molecular formula is C12H16FNO3. The van der Waals surface area contributed by atoms with Gasteiger partial charge in [-0.2, -0.15) is 0 Å². The van der Waals surface area contributed by atoms with E-state index in [2.05, 4.69) is 5.32 Å². The van der Waals surface area contributed by atoms with E-state index in [9.17, 15) is 14.3 Å². The first kappa shape index (κ1) is 13.4. The summed E-state index contributed by atoms with van der Waals surface area (Å²) in [6, 6.07) is 5.31. The van der Waals surface area contributed by atoms with Crippen molar-refractivity contribution < 1.29 is 19.0 Å². The Bertz CT molecular complexity index is 365. The molecule has 1 amide bonds. The van der Waals surface area contributed by atoms with Crippen LogP contribution in [0.25, 0.3) is 0 Å². The Morgan fingerprint density at radius 1 is 1.41 bits per heavy atom. The molecule has 0 heterocycles. The van der Waals surface area contributed by atoms with Gasteiger partial charge in [0, 0.05) is 0 Å². The summed E-state index contributed by atoms with van der Waals surface area (Å²) >= 11 is 0. The van der Waals surface area contributed by atoms with Crippen molar-refractivity contribution in [3.8, 4) is 0 Å². The van der Waals surface area contributed by atoms with E-state index in [0.29, 0.717) is 5.56 Å². The van der Waals surface area contributed by atoms with Gasteiger partial charge in [-0.05, 0) is 31.5 Å². The molecule has 0 aliphatic rings. The average Bonchev–Trinajstić information content (AvgIpc) is 2.28. The van der Waals surface area contributed by atoms with Gasteiger partial charge in [-0.1, -0.05) is 12.1 Å². The van der Waals surface area contributed by atoms with Crippen molar-refractivity contribution in [2.24, 2.45) is 0 Å². The molecule has 0 saturated heterocycles. The van der Waals surface area contributed by atoms with Gasteiger partial charge in [0.15, 0.2) is 0 Å². The maximum absolute atomic E-state index is 12.6. The number of carbonyl (C=O) groups is 1. The highest BCUT2D eigenvalue weighted by atomic mass is 19.1. The predicted octanol–water partition coefficient (Wildman–Crippen LogP) is 1.82. The lowest BCUT2D eigenvalue weighted by molar-refractivity contribution is 0.113. The van der Waals surface area contributed by atoms with Crippen molar-refractivity contribution in [1.29, 1.82) is 0 Å². The predicted molar refractivity (Wildman–Crippen MR) is 60.9 cm³/mol. The second-order valence-corrected chi connectivity index (χ2v) is 3.88. The summed E-state index contributed by atoms with van der Waals surface area (Å²) < 4.78 is 17.5. The van der Waals surface area contributed by atoms with Gasteiger partial charge in [0.1, 0.15) is 12.4 Å². The summed E-state index contributed by atoms with van der Waals surface area (Å²) in [6.07, 6.45) is -1.25. The van der Waals surface area contributed by atoms with Crippen molar-refractivity contribution in [2.75, 3.05) is 0 Å².